The van der Waals surface area contributed by atoms with Crippen LogP contribution in [0.5, 0.6) is 5.75 Å². The fourth-order valence-corrected chi connectivity index (χ4v) is 4.15. The van der Waals surface area contributed by atoms with E-state index in [1.807, 2.05) is 0 Å². The van der Waals surface area contributed by atoms with Crippen molar-refractivity contribution in [2.75, 3.05) is 6.61 Å². The third-order valence-electron chi connectivity index (χ3n) is 5.62. The van der Waals surface area contributed by atoms with Crippen molar-refractivity contribution in [3.05, 3.63) is 82.2 Å². The molecule has 0 fully saturated rings. The molecule has 0 saturated heterocycles. The van der Waals surface area contributed by atoms with E-state index in [9.17, 15) is 9.18 Å². The number of ether oxygens (including phenoxy) is 1. The summed E-state index contributed by atoms with van der Waals surface area (Å²) in [5.74, 6) is 0.344. The maximum atomic E-state index is 13.7. The molecule has 0 saturated carbocycles. The first-order valence-electron chi connectivity index (χ1n) is 9.87. The summed E-state index contributed by atoms with van der Waals surface area (Å²) in [4.78, 5) is 32.6. The molecule has 1 aliphatic rings. The van der Waals surface area contributed by atoms with Crippen LogP contribution in [0.2, 0.25) is 0 Å². The monoisotopic (exact) mass is 427 g/mol. The second-order valence-electron chi connectivity index (χ2n) is 7.44. The van der Waals surface area contributed by atoms with E-state index in [1.165, 1.54) is 12.1 Å². The van der Waals surface area contributed by atoms with Crippen LogP contribution >= 0.6 is 0 Å². The van der Waals surface area contributed by atoms with E-state index in [-0.39, 0.29) is 11.7 Å². The molecule has 0 radical (unpaired) electrons. The molecule has 0 spiro atoms. The van der Waals surface area contributed by atoms with Gasteiger partial charge in [-0.2, -0.15) is 4.98 Å². The second-order valence-corrected chi connectivity index (χ2v) is 7.44. The fourth-order valence-electron chi connectivity index (χ4n) is 4.15. The van der Waals surface area contributed by atoms with E-state index >= 15 is 0 Å². The summed E-state index contributed by atoms with van der Waals surface area (Å²) in [5, 5.41) is 0. The minimum atomic E-state index is -0.397. The molecule has 156 valence electrons. The summed E-state index contributed by atoms with van der Waals surface area (Å²) in [7, 11) is 0. The van der Waals surface area contributed by atoms with Crippen LogP contribution in [0.15, 0.2) is 53.7 Å². The largest absolute Gasteiger partial charge is 0.493 e. The molecule has 32 heavy (non-hydrogen) atoms. The minimum absolute atomic E-state index is 0.321. The van der Waals surface area contributed by atoms with Crippen molar-refractivity contribution in [1.29, 1.82) is 0 Å². The van der Waals surface area contributed by atoms with Crippen molar-refractivity contribution in [2.24, 2.45) is 0 Å². The molecule has 6 rings (SSSR count). The highest BCUT2D eigenvalue weighted by atomic mass is 19.1. The molecule has 9 nitrogen and oxygen atoms in total. The van der Waals surface area contributed by atoms with E-state index in [1.54, 1.807) is 45.9 Å². The Morgan fingerprint density at radius 3 is 3.00 bits per heavy atom. The third kappa shape index (κ3) is 2.68. The smallest absolute Gasteiger partial charge is 0.328 e. The highest BCUT2D eigenvalue weighted by molar-refractivity contribution is 5.81. The number of aromatic amines is 1. The minimum Gasteiger partial charge on any atom is -0.493 e. The number of nitrogens with one attached hydrogen (secondary N) is 1. The molecule has 5 aromatic rings. The number of halogens is 1. The highest BCUT2D eigenvalue weighted by Crippen LogP contribution is 2.35. The van der Waals surface area contributed by atoms with Crippen LogP contribution in [0.25, 0.3) is 33.0 Å². The van der Waals surface area contributed by atoms with Crippen molar-refractivity contribution in [3.63, 3.8) is 0 Å². The van der Waals surface area contributed by atoms with Gasteiger partial charge < -0.3 is 9.72 Å². The van der Waals surface area contributed by atoms with Gasteiger partial charge in [0, 0.05) is 18.1 Å². The molecule has 0 amide bonds. The topological polar surface area (TPSA) is 95.0 Å². The van der Waals surface area contributed by atoms with Crippen molar-refractivity contribution >= 4 is 27.9 Å². The number of fused-ring (bicyclic) bond motifs is 3. The lowest BCUT2D eigenvalue weighted by molar-refractivity contribution is 0.255. The number of H-pyrrole nitrogens is 1. The fraction of sp³-hybridized carbons (Fsp3) is 0.136. The molecule has 1 atom stereocenters. The van der Waals surface area contributed by atoms with Crippen LogP contribution in [-0.2, 0) is 0 Å². The van der Waals surface area contributed by atoms with Gasteiger partial charge in [0.05, 0.1) is 36.5 Å². The van der Waals surface area contributed by atoms with Crippen LogP contribution < -0.4 is 10.4 Å². The van der Waals surface area contributed by atoms with E-state index in [0.29, 0.717) is 52.6 Å². The molecule has 10 heteroatoms. The molecule has 0 aliphatic carbocycles. The van der Waals surface area contributed by atoms with Gasteiger partial charge in [-0.25, -0.2) is 24.0 Å². The Morgan fingerprint density at radius 2 is 2.12 bits per heavy atom. The average Bonchev–Trinajstić information content (AvgIpc) is 3.37. The molecule has 2 aromatic carbocycles. The zero-order valence-electron chi connectivity index (χ0n) is 16.5. The van der Waals surface area contributed by atoms with Crippen LogP contribution in [-0.4, -0.2) is 35.7 Å². The van der Waals surface area contributed by atoms with Crippen molar-refractivity contribution in [1.82, 2.24) is 29.1 Å². The van der Waals surface area contributed by atoms with Gasteiger partial charge in [0.25, 0.3) is 0 Å². The van der Waals surface area contributed by atoms with Crippen LogP contribution in [0, 0.1) is 12.4 Å². The van der Waals surface area contributed by atoms with Gasteiger partial charge in [-0.1, -0.05) is 12.1 Å². The van der Waals surface area contributed by atoms with Gasteiger partial charge in [-0.05, 0) is 18.2 Å². The lowest BCUT2D eigenvalue weighted by Gasteiger charge is -2.26. The van der Waals surface area contributed by atoms with E-state index in [0.717, 1.165) is 5.56 Å². The molecular formula is C22H14FN7O2. The SMILES string of the molecule is [C-]#[N+]c1ccc2ncn(-c3ncc4[nH]c(=O)n([C@@H]5CCOc6cc(F)ccc65)c4n3)c2c1. The van der Waals surface area contributed by atoms with Crippen molar-refractivity contribution in [3.8, 4) is 11.7 Å². The van der Waals surface area contributed by atoms with Crippen LogP contribution in [0.4, 0.5) is 10.1 Å². The molecule has 1 aliphatic heterocycles. The number of hydrogen-bond donors (Lipinski definition) is 1. The first-order chi connectivity index (χ1) is 15.6. The van der Waals surface area contributed by atoms with Gasteiger partial charge in [0.1, 0.15) is 23.4 Å². The summed E-state index contributed by atoms with van der Waals surface area (Å²) in [6.45, 7) is 7.61. The second kappa shape index (κ2) is 6.75. The zero-order valence-corrected chi connectivity index (χ0v) is 16.5. The lowest BCUT2D eigenvalue weighted by atomic mass is 10.0. The van der Waals surface area contributed by atoms with Crippen LogP contribution in [0.3, 0.4) is 0 Å². The Labute approximate surface area is 179 Å². The van der Waals surface area contributed by atoms with E-state index < -0.39 is 5.82 Å². The van der Waals surface area contributed by atoms with E-state index in [2.05, 4.69) is 24.8 Å². The predicted octanol–water partition coefficient (Wildman–Crippen LogP) is 3.52. The summed E-state index contributed by atoms with van der Waals surface area (Å²) < 4.78 is 22.5. The summed E-state index contributed by atoms with van der Waals surface area (Å²) in [6, 6.07) is 9.14. The van der Waals surface area contributed by atoms with Gasteiger partial charge in [0.15, 0.2) is 11.3 Å². The predicted molar refractivity (Wildman–Crippen MR) is 114 cm³/mol. The molecule has 4 heterocycles. The Balaban J connectivity index is 1.55. The standard InChI is InChI=1S/C22H14FN7O2/c1-24-13-3-5-15-18(9-13)29(11-26-15)21-25-10-16-20(28-21)30(22(31)27-16)17-6-7-32-19-8-12(23)2-4-14(17)19/h2-5,8-11,17H,6-7H2,(H,27,31)/t17-/m1/s1. The highest BCUT2D eigenvalue weighted by Gasteiger charge is 2.27. The maximum Gasteiger partial charge on any atom is 0.328 e. The summed E-state index contributed by atoms with van der Waals surface area (Å²) in [6.07, 6.45) is 3.67. The molecular weight excluding hydrogens is 413 g/mol. The summed E-state index contributed by atoms with van der Waals surface area (Å²) in [5.41, 5.74) is 3.16. The van der Waals surface area contributed by atoms with Crippen LogP contribution in [0.1, 0.15) is 18.0 Å². The lowest BCUT2D eigenvalue weighted by Crippen LogP contribution is -2.28. The van der Waals surface area contributed by atoms with Gasteiger partial charge in [-0.15, -0.1) is 0 Å². The van der Waals surface area contributed by atoms with Crippen molar-refractivity contribution in [2.45, 2.75) is 12.5 Å². The average molecular weight is 427 g/mol. The number of hydrogen-bond acceptors (Lipinski definition) is 5. The Hall–Kier alpha value is -4.52. The quantitative estimate of drug-likeness (QED) is 0.435. The number of nitrogens with zero attached hydrogens (tertiary/aromatic N) is 6. The Morgan fingerprint density at radius 1 is 1.22 bits per heavy atom. The number of rotatable bonds is 2. The molecule has 0 unspecified atom stereocenters. The number of benzene rings is 2. The third-order valence-corrected chi connectivity index (χ3v) is 5.62. The Bertz CT molecular complexity index is 1630. The van der Waals surface area contributed by atoms with Gasteiger partial charge in [0.2, 0.25) is 5.95 Å². The van der Waals surface area contributed by atoms with E-state index in [4.69, 9.17) is 11.3 Å². The van der Waals surface area contributed by atoms with Gasteiger partial charge >= 0.3 is 5.69 Å². The summed E-state index contributed by atoms with van der Waals surface area (Å²) >= 11 is 0. The van der Waals surface area contributed by atoms with Crippen molar-refractivity contribution < 1.29 is 9.13 Å². The number of imidazole rings is 2. The maximum absolute atomic E-state index is 13.7. The normalized spacial score (nSPS) is 15.4. The first-order valence-corrected chi connectivity index (χ1v) is 9.87. The molecule has 1 N–H and O–H groups in total. The zero-order chi connectivity index (χ0) is 21.8. The Kier molecular flexibility index (Phi) is 3.85. The van der Waals surface area contributed by atoms with Gasteiger partial charge in [-0.3, -0.25) is 9.13 Å². The number of aromatic nitrogens is 6. The first kappa shape index (κ1) is 18.3. The molecule has 3 aromatic heterocycles. The molecule has 0 bridgehead atoms.